The summed E-state index contributed by atoms with van der Waals surface area (Å²) in [4.78, 5) is 4.30. The Labute approximate surface area is 107 Å². The second-order valence-corrected chi connectivity index (χ2v) is 5.10. The van der Waals surface area contributed by atoms with E-state index in [1.54, 1.807) is 0 Å². The van der Waals surface area contributed by atoms with Crippen LogP contribution in [0.3, 0.4) is 0 Å². The summed E-state index contributed by atoms with van der Waals surface area (Å²) in [5.74, 6) is 0. The number of hydrogen-bond donors (Lipinski definition) is 2. The van der Waals surface area contributed by atoms with Gasteiger partial charge in [0.2, 0.25) is 0 Å². The molecule has 0 aliphatic carbocycles. The molecule has 2 aromatic rings. The second-order valence-electron chi connectivity index (χ2n) is 5.10. The van der Waals surface area contributed by atoms with Crippen molar-refractivity contribution in [3.8, 4) is 0 Å². The molecule has 1 aliphatic rings. The van der Waals surface area contributed by atoms with E-state index in [1.807, 2.05) is 24.9 Å². The molecule has 5 nitrogen and oxygen atoms in total. The third-order valence-electron chi connectivity index (χ3n) is 3.62. The van der Waals surface area contributed by atoms with E-state index in [2.05, 4.69) is 32.0 Å². The van der Waals surface area contributed by atoms with Gasteiger partial charge in [-0.15, -0.1) is 0 Å². The highest BCUT2D eigenvalue weighted by Crippen LogP contribution is 2.25. The Kier molecular flexibility index (Phi) is 3.15. The Morgan fingerprint density at radius 1 is 1.39 bits per heavy atom. The quantitative estimate of drug-likeness (QED) is 0.867. The molecule has 0 aromatic carbocycles. The molecule has 1 fully saturated rings. The fraction of sp³-hybridized carbons (Fsp3) is 0.538. The Bertz CT molecular complexity index is 487. The Morgan fingerprint density at radius 2 is 2.33 bits per heavy atom. The van der Waals surface area contributed by atoms with Gasteiger partial charge in [0, 0.05) is 30.0 Å². The van der Waals surface area contributed by atoms with Gasteiger partial charge in [0.25, 0.3) is 0 Å². The van der Waals surface area contributed by atoms with Crippen LogP contribution in [0.25, 0.3) is 0 Å². The number of imidazole rings is 1. The summed E-state index contributed by atoms with van der Waals surface area (Å²) in [6.45, 7) is 3.08. The summed E-state index contributed by atoms with van der Waals surface area (Å²) in [6.07, 6.45) is 11.4. The molecule has 0 amide bonds. The number of nitrogens with zero attached hydrogens (tertiary/aromatic N) is 3. The van der Waals surface area contributed by atoms with Gasteiger partial charge in [-0.3, -0.25) is 5.10 Å². The zero-order valence-electron chi connectivity index (χ0n) is 10.6. The van der Waals surface area contributed by atoms with Crippen LogP contribution in [0.5, 0.6) is 0 Å². The molecule has 96 valence electrons. The van der Waals surface area contributed by atoms with Crippen LogP contribution in [0, 0.1) is 0 Å². The van der Waals surface area contributed by atoms with Crippen LogP contribution in [0.15, 0.2) is 24.9 Å². The van der Waals surface area contributed by atoms with Crippen LogP contribution in [-0.4, -0.2) is 25.8 Å². The molecule has 3 heterocycles. The van der Waals surface area contributed by atoms with Gasteiger partial charge in [-0.1, -0.05) is 0 Å². The minimum absolute atomic E-state index is 0.433. The van der Waals surface area contributed by atoms with Crippen LogP contribution in [0.2, 0.25) is 0 Å². The van der Waals surface area contributed by atoms with E-state index in [1.165, 1.54) is 30.5 Å². The minimum Gasteiger partial charge on any atom is -0.329 e. The Balaban J connectivity index is 1.78. The van der Waals surface area contributed by atoms with E-state index in [0.29, 0.717) is 12.1 Å². The summed E-state index contributed by atoms with van der Waals surface area (Å²) in [7, 11) is 0. The SMILES string of the molecule is CC1CCCC(c2cncn2Cc2cn[nH]c2)N1. The lowest BCUT2D eigenvalue weighted by Gasteiger charge is -2.29. The van der Waals surface area contributed by atoms with Gasteiger partial charge >= 0.3 is 0 Å². The van der Waals surface area contributed by atoms with E-state index < -0.39 is 0 Å². The van der Waals surface area contributed by atoms with E-state index >= 15 is 0 Å². The fourth-order valence-electron chi connectivity index (χ4n) is 2.69. The predicted octanol–water partition coefficient (Wildman–Crippen LogP) is 1.86. The lowest BCUT2D eigenvalue weighted by Crippen LogP contribution is -2.35. The maximum atomic E-state index is 4.30. The molecule has 2 unspecified atom stereocenters. The number of hydrogen-bond acceptors (Lipinski definition) is 3. The zero-order valence-corrected chi connectivity index (χ0v) is 10.6. The molecule has 0 spiro atoms. The van der Waals surface area contributed by atoms with Crippen molar-refractivity contribution < 1.29 is 0 Å². The van der Waals surface area contributed by atoms with Crippen molar-refractivity contribution in [2.75, 3.05) is 0 Å². The first-order chi connectivity index (χ1) is 8.83. The van der Waals surface area contributed by atoms with E-state index in [0.717, 1.165) is 6.54 Å². The molecule has 1 aliphatic heterocycles. The second kappa shape index (κ2) is 4.94. The number of aromatic nitrogens is 4. The van der Waals surface area contributed by atoms with Crippen molar-refractivity contribution in [3.05, 3.63) is 36.2 Å². The lowest BCUT2D eigenvalue weighted by atomic mass is 9.97. The number of nitrogens with one attached hydrogen (secondary N) is 2. The average molecular weight is 245 g/mol. The van der Waals surface area contributed by atoms with Crippen LogP contribution >= 0.6 is 0 Å². The molecule has 0 radical (unpaired) electrons. The van der Waals surface area contributed by atoms with Crippen molar-refractivity contribution in [2.24, 2.45) is 0 Å². The summed E-state index contributed by atoms with van der Waals surface area (Å²) >= 11 is 0. The molecule has 1 saturated heterocycles. The molecule has 0 bridgehead atoms. The molecule has 18 heavy (non-hydrogen) atoms. The van der Waals surface area contributed by atoms with Crippen molar-refractivity contribution in [2.45, 2.75) is 44.8 Å². The maximum absolute atomic E-state index is 4.30. The van der Waals surface area contributed by atoms with Gasteiger partial charge in [-0.2, -0.15) is 5.10 Å². The highest BCUT2D eigenvalue weighted by Gasteiger charge is 2.22. The number of aromatic amines is 1. The minimum atomic E-state index is 0.433. The third kappa shape index (κ3) is 2.31. The van der Waals surface area contributed by atoms with Crippen LogP contribution in [0.4, 0.5) is 0 Å². The summed E-state index contributed by atoms with van der Waals surface area (Å²) in [5.41, 5.74) is 2.46. The van der Waals surface area contributed by atoms with E-state index in [-0.39, 0.29) is 0 Å². The van der Waals surface area contributed by atoms with E-state index in [9.17, 15) is 0 Å². The van der Waals surface area contributed by atoms with Gasteiger partial charge in [0.15, 0.2) is 0 Å². The van der Waals surface area contributed by atoms with Crippen molar-refractivity contribution in [1.29, 1.82) is 0 Å². The summed E-state index contributed by atoms with van der Waals surface area (Å²) in [5, 5.41) is 10.5. The standard InChI is InChI=1S/C13H19N5/c1-10-3-2-4-12(17-10)13-7-14-9-18(13)8-11-5-15-16-6-11/h5-7,9-10,12,17H,2-4,8H2,1H3,(H,15,16). The van der Waals surface area contributed by atoms with Gasteiger partial charge in [-0.25, -0.2) is 4.98 Å². The number of H-pyrrole nitrogens is 1. The van der Waals surface area contributed by atoms with Gasteiger partial charge < -0.3 is 9.88 Å². The highest BCUT2D eigenvalue weighted by atomic mass is 15.1. The first-order valence-corrected chi connectivity index (χ1v) is 6.56. The summed E-state index contributed by atoms with van der Waals surface area (Å²) in [6, 6.07) is 1.03. The Hall–Kier alpha value is -1.62. The summed E-state index contributed by atoms with van der Waals surface area (Å²) < 4.78 is 2.21. The smallest absolute Gasteiger partial charge is 0.0951 e. The van der Waals surface area contributed by atoms with Gasteiger partial charge in [0.05, 0.1) is 24.8 Å². The molecule has 2 aromatic heterocycles. The number of piperidine rings is 1. The van der Waals surface area contributed by atoms with Crippen LogP contribution < -0.4 is 5.32 Å². The van der Waals surface area contributed by atoms with Gasteiger partial charge in [-0.05, 0) is 26.2 Å². The normalized spacial score (nSPS) is 24.3. The van der Waals surface area contributed by atoms with E-state index in [4.69, 9.17) is 0 Å². The lowest BCUT2D eigenvalue weighted by molar-refractivity contribution is 0.330. The average Bonchev–Trinajstić information content (AvgIpc) is 3.01. The van der Waals surface area contributed by atoms with Crippen molar-refractivity contribution in [3.63, 3.8) is 0 Å². The zero-order chi connectivity index (χ0) is 12.4. The van der Waals surface area contributed by atoms with Crippen LogP contribution in [0.1, 0.15) is 43.5 Å². The number of rotatable bonds is 3. The van der Waals surface area contributed by atoms with Crippen molar-refractivity contribution in [1.82, 2.24) is 25.1 Å². The van der Waals surface area contributed by atoms with Crippen LogP contribution in [-0.2, 0) is 6.54 Å². The molecule has 3 rings (SSSR count). The molecular formula is C13H19N5. The molecule has 5 heteroatoms. The highest BCUT2D eigenvalue weighted by molar-refractivity contribution is 5.11. The topological polar surface area (TPSA) is 58.5 Å². The first kappa shape index (κ1) is 11.5. The first-order valence-electron chi connectivity index (χ1n) is 6.56. The monoisotopic (exact) mass is 245 g/mol. The Morgan fingerprint density at radius 3 is 3.11 bits per heavy atom. The molecule has 2 N–H and O–H groups in total. The largest absolute Gasteiger partial charge is 0.329 e. The fourth-order valence-corrected chi connectivity index (χ4v) is 2.69. The third-order valence-corrected chi connectivity index (χ3v) is 3.62. The maximum Gasteiger partial charge on any atom is 0.0951 e. The molecule has 0 saturated carbocycles. The van der Waals surface area contributed by atoms with Gasteiger partial charge in [0.1, 0.15) is 0 Å². The predicted molar refractivity (Wildman–Crippen MR) is 69.1 cm³/mol. The molecular weight excluding hydrogens is 226 g/mol. The van der Waals surface area contributed by atoms with Crippen molar-refractivity contribution >= 4 is 0 Å². The molecule has 2 atom stereocenters.